The van der Waals surface area contributed by atoms with Gasteiger partial charge in [0, 0.05) is 31.2 Å². The molecule has 2 amide bonds. The monoisotopic (exact) mass is 297 g/mol. The molecule has 1 heterocycles. The third-order valence-electron chi connectivity index (χ3n) is 3.24. The number of rotatable bonds is 3. The molecule has 1 fully saturated rings. The van der Waals surface area contributed by atoms with Gasteiger partial charge in [0.15, 0.2) is 6.23 Å². The van der Waals surface area contributed by atoms with E-state index in [0.29, 0.717) is 10.8 Å². The lowest BCUT2D eigenvalue weighted by molar-refractivity contribution is 0.130. The van der Waals surface area contributed by atoms with Gasteiger partial charge in [-0.25, -0.2) is 4.79 Å². The third-order valence-corrected chi connectivity index (χ3v) is 3.50. The number of likely N-dealkylation sites (N-methyl/N-ethyl adjacent to an activating group) is 1. The van der Waals surface area contributed by atoms with Crippen LogP contribution >= 0.6 is 11.6 Å². The molecule has 20 heavy (non-hydrogen) atoms. The van der Waals surface area contributed by atoms with Crippen LogP contribution in [0.15, 0.2) is 24.3 Å². The smallest absolute Gasteiger partial charge is 0.320 e. The van der Waals surface area contributed by atoms with Gasteiger partial charge in [-0.1, -0.05) is 11.6 Å². The van der Waals surface area contributed by atoms with Gasteiger partial charge in [-0.05, 0) is 38.2 Å². The van der Waals surface area contributed by atoms with Gasteiger partial charge in [0.05, 0.1) is 0 Å². The van der Waals surface area contributed by atoms with Crippen LogP contribution in [-0.4, -0.2) is 55.3 Å². The van der Waals surface area contributed by atoms with Crippen molar-refractivity contribution in [1.29, 1.82) is 0 Å². The minimum Gasteiger partial charge on any atom is -0.471 e. The van der Waals surface area contributed by atoms with Crippen LogP contribution in [-0.2, 0) is 0 Å². The van der Waals surface area contributed by atoms with E-state index < -0.39 is 0 Å². The predicted molar refractivity (Wildman–Crippen MR) is 79.1 cm³/mol. The standard InChI is InChI=1S/C14H20ClN3O2/c1-11(20-13-5-3-12(15)4-6-13)16-14(19)18-9-7-17(2)8-10-18/h3-6,11H,7-10H2,1-2H3,(H,16,19). The maximum Gasteiger partial charge on any atom is 0.320 e. The summed E-state index contributed by atoms with van der Waals surface area (Å²) in [7, 11) is 2.06. The second-order valence-corrected chi connectivity index (χ2v) is 5.39. The van der Waals surface area contributed by atoms with Gasteiger partial charge >= 0.3 is 6.03 Å². The first kappa shape index (κ1) is 14.9. The van der Waals surface area contributed by atoms with E-state index in [2.05, 4.69) is 17.3 Å². The number of nitrogens with one attached hydrogen (secondary N) is 1. The Kier molecular flexibility index (Phi) is 5.09. The van der Waals surface area contributed by atoms with Crippen LogP contribution in [0, 0.1) is 0 Å². The van der Waals surface area contributed by atoms with Crippen LogP contribution in [0.2, 0.25) is 5.02 Å². The fraction of sp³-hybridized carbons (Fsp3) is 0.500. The number of hydrogen-bond donors (Lipinski definition) is 1. The fourth-order valence-corrected chi connectivity index (χ4v) is 2.15. The molecule has 0 aromatic heterocycles. The van der Waals surface area contributed by atoms with Crippen molar-refractivity contribution in [3.8, 4) is 5.75 Å². The molecular formula is C14H20ClN3O2. The van der Waals surface area contributed by atoms with E-state index >= 15 is 0 Å². The molecule has 0 radical (unpaired) electrons. The van der Waals surface area contributed by atoms with E-state index in [4.69, 9.17) is 16.3 Å². The van der Waals surface area contributed by atoms with E-state index in [1.54, 1.807) is 24.3 Å². The van der Waals surface area contributed by atoms with E-state index in [0.717, 1.165) is 26.2 Å². The van der Waals surface area contributed by atoms with Crippen molar-refractivity contribution >= 4 is 17.6 Å². The molecule has 1 N–H and O–H groups in total. The van der Waals surface area contributed by atoms with Crippen molar-refractivity contribution < 1.29 is 9.53 Å². The van der Waals surface area contributed by atoms with Gasteiger partial charge in [0.2, 0.25) is 0 Å². The molecule has 1 aromatic rings. The molecular weight excluding hydrogens is 278 g/mol. The highest BCUT2D eigenvalue weighted by atomic mass is 35.5. The second-order valence-electron chi connectivity index (χ2n) is 4.95. The maximum atomic E-state index is 12.1. The molecule has 5 nitrogen and oxygen atoms in total. The number of halogens is 1. The van der Waals surface area contributed by atoms with Gasteiger partial charge in [-0.2, -0.15) is 0 Å². The molecule has 1 aliphatic heterocycles. The molecule has 1 aliphatic rings. The Morgan fingerprint density at radius 3 is 2.45 bits per heavy atom. The predicted octanol–water partition coefficient (Wildman–Crippen LogP) is 2.02. The quantitative estimate of drug-likeness (QED) is 0.868. The first-order valence-electron chi connectivity index (χ1n) is 6.71. The van der Waals surface area contributed by atoms with Crippen LogP contribution in [0.1, 0.15) is 6.92 Å². The van der Waals surface area contributed by atoms with E-state index in [1.807, 2.05) is 11.8 Å². The first-order chi connectivity index (χ1) is 9.54. The lowest BCUT2D eigenvalue weighted by atomic mass is 10.3. The highest BCUT2D eigenvalue weighted by Gasteiger charge is 2.20. The topological polar surface area (TPSA) is 44.8 Å². The van der Waals surface area contributed by atoms with Crippen molar-refractivity contribution in [2.24, 2.45) is 0 Å². The van der Waals surface area contributed by atoms with Crippen molar-refractivity contribution in [3.05, 3.63) is 29.3 Å². The average molecular weight is 298 g/mol. The van der Waals surface area contributed by atoms with Gasteiger partial charge in [0.25, 0.3) is 0 Å². The first-order valence-corrected chi connectivity index (χ1v) is 7.08. The largest absolute Gasteiger partial charge is 0.471 e. The number of benzene rings is 1. The maximum absolute atomic E-state index is 12.1. The molecule has 1 aromatic carbocycles. The van der Waals surface area contributed by atoms with E-state index in [9.17, 15) is 4.79 Å². The summed E-state index contributed by atoms with van der Waals surface area (Å²) in [5.41, 5.74) is 0. The summed E-state index contributed by atoms with van der Waals surface area (Å²) in [6.07, 6.45) is -0.386. The van der Waals surface area contributed by atoms with Crippen molar-refractivity contribution in [2.45, 2.75) is 13.2 Å². The zero-order chi connectivity index (χ0) is 14.5. The number of urea groups is 1. The average Bonchev–Trinajstić information content (AvgIpc) is 2.42. The van der Waals surface area contributed by atoms with Crippen LogP contribution in [0.5, 0.6) is 5.75 Å². The summed E-state index contributed by atoms with van der Waals surface area (Å²) in [5, 5.41) is 3.50. The molecule has 110 valence electrons. The molecule has 6 heteroatoms. The summed E-state index contributed by atoms with van der Waals surface area (Å²) in [6, 6.07) is 6.99. The van der Waals surface area contributed by atoms with Crippen LogP contribution < -0.4 is 10.1 Å². The summed E-state index contributed by atoms with van der Waals surface area (Å²) in [4.78, 5) is 16.1. The summed E-state index contributed by atoms with van der Waals surface area (Å²) >= 11 is 5.81. The van der Waals surface area contributed by atoms with Crippen molar-refractivity contribution in [2.75, 3.05) is 33.2 Å². The Bertz CT molecular complexity index is 444. The van der Waals surface area contributed by atoms with E-state index in [1.165, 1.54) is 0 Å². The van der Waals surface area contributed by atoms with Crippen molar-refractivity contribution in [3.63, 3.8) is 0 Å². The summed E-state index contributed by atoms with van der Waals surface area (Å²) in [6.45, 7) is 5.11. The highest BCUT2D eigenvalue weighted by molar-refractivity contribution is 6.30. The number of carbonyl (C=O) groups excluding carboxylic acids is 1. The molecule has 0 bridgehead atoms. The molecule has 1 saturated heterocycles. The SMILES string of the molecule is CC(NC(=O)N1CCN(C)CC1)Oc1ccc(Cl)cc1. The fourth-order valence-electron chi connectivity index (χ4n) is 2.02. The van der Waals surface area contributed by atoms with Crippen LogP contribution in [0.4, 0.5) is 4.79 Å². The van der Waals surface area contributed by atoms with Crippen LogP contribution in [0.3, 0.4) is 0 Å². The minimum atomic E-state index is -0.386. The molecule has 0 spiro atoms. The highest BCUT2D eigenvalue weighted by Crippen LogP contribution is 2.16. The lowest BCUT2D eigenvalue weighted by Gasteiger charge is -2.33. The van der Waals surface area contributed by atoms with Crippen molar-refractivity contribution in [1.82, 2.24) is 15.1 Å². The van der Waals surface area contributed by atoms with Gasteiger partial charge in [-0.15, -0.1) is 0 Å². The number of piperazine rings is 1. The normalized spacial score (nSPS) is 17.6. The molecule has 0 saturated carbocycles. The van der Waals surface area contributed by atoms with Gasteiger partial charge < -0.3 is 19.9 Å². The Hall–Kier alpha value is -1.46. The molecule has 1 unspecified atom stereocenters. The number of amides is 2. The summed E-state index contributed by atoms with van der Waals surface area (Å²) < 4.78 is 5.62. The molecule has 1 atom stereocenters. The van der Waals surface area contributed by atoms with Gasteiger partial charge in [0.1, 0.15) is 5.75 Å². The second kappa shape index (κ2) is 6.81. The minimum absolute atomic E-state index is 0.0837. The third kappa shape index (κ3) is 4.28. The number of nitrogens with zero attached hydrogens (tertiary/aromatic N) is 2. The Morgan fingerprint density at radius 2 is 1.85 bits per heavy atom. The summed E-state index contributed by atoms with van der Waals surface area (Å²) in [5.74, 6) is 0.681. The molecule has 2 rings (SSSR count). The van der Waals surface area contributed by atoms with Gasteiger partial charge in [-0.3, -0.25) is 0 Å². The number of carbonyl (C=O) groups is 1. The zero-order valence-electron chi connectivity index (χ0n) is 11.8. The van der Waals surface area contributed by atoms with E-state index in [-0.39, 0.29) is 12.3 Å². The number of ether oxygens (including phenoxy) is 1. The zero-order valence-corrected chi connectivity index (χ0v) is 12.6. The number of hydrogen-bond acceptors (Lipinski definition) is 3. The Balaban J connectivity index is 1.80. The van der Waals surface area contributed by atoms with Crippen LogP contribution in [0.25, 0.3) is 0 Å². The molecule has 0 aliphatic carbocycles. The Labute approximate surface area is 124 Å². The Morgan fingerprint density at radius 1 is 1.25 bits per heavy atom. The lowest BCUT2D eigenvalue weighted by Crippen LogP contribution is -2.53.